The molecule has 30 heavy (non-hydrogen) atoms. The smallest absolute Gasteiger partial charge is 0.361 e. The van der Waals surface area contributed by atoms with Gasteiger partial charge >= 0.3 is 5.97 Å². The molecule has 0 unspecified atom stereocenters. The van der Waals surface area contributed by atoms with Gasteiger partial charge in [0.25, 0.3) is 5.91 Å². The summed E-state index contributed by atoms with van der Waals surface area (Å²) in [4.78, 5) is 38.9. The quantitative estimate of drug-likeness (QED) is 0.551. The summed E-state index contributed by atoms with van der Waals surface area (Å²) >= 11 is 0. The molecule has 0 aliphatic heterocycles. The normalized spacial score (nSPS) is 10.5. The molecule has 1 aromatic carbocycles. The Labute approximate surface area is 172 Å². The van der Waals surface area contributed by atoms with Crippen molar-refractivity contribution in [2.45, 2.75) is 13.5 Å². The second-order valence-electron chi connectivity index (χ2n) is 6.44. The average molecular weight is 411 g/mol. The molecule has 0 atom stereocenters. The van der Waals surface area contributed by atoms with Crippen LogP contribution in [0, 0.1) is 6.92 Å². The fourth-order valence-electron chi connectivity index (χ4n) is 2.51. The van der Waals surface area contributed by atoms with E-state index in [-0.39, 0.29) is 24.7 Å². The van der Waals surface area contributed by atoms with Crippen molar-refractivity contribution in [2.24, 2.45) is 0 Å². The molecule has 156 valence electrons. The van der Waals surface area contributed by atoms with E-state index in [0.717, 1.165) is 0 Å². The molecule has 0 aliphatic carbocycles. The highest BCUT2D eigenvalue weighted by Gasteiger charge is 2.20. The van der Waals surface area contributed by atoms with Crippen LogP contribution < -0.4 is 5.32 Å². The number of hydrogen-bond acceptors (Lipinski definition) is 7. The third-order valence-corrected chi connectivity index (χ3v) is 4.14. The third kappa shape index (κ3) is 5.31. The van der Waals surface area contributed by atoms with Gasteiger partial charge in [-0.3, -0.25) is 9.59 Å². The summed E-state index contributed by atoms with van der Waals surface area (Å²) in [6.07, 6.45) is 1.51. The Bertz CT molecular complexity index is 1010. The van der Waals surface area contributed by atoms with Crippen LogP contribution in [-0.2, 0) is 20.9 Å². The molecule has 1 N–H and O–H groups in total. The van der Waals surface area contributed by atoms with Crippen LogP contribution in [-0.4, -0.2) is 57.9 Å². The van der Waals surface area contributed by atoms with Gasteiger partial charge in [0, 0.05) is 7.05 Å². The molecule has 0 aliphatic rings. The number of hydrogen-bond donors (Lipinski definition) is 1. The number of carbonyl (C=O) groups excluding carboxylic acids is 3. The first kappa shape index (κ1) is 20.8. The zero-order valence-corrected chi connectivity index (χ0v) is 16.6. The maximum absolute atomic E-state index is 12.3. The van der Waals surface area contributed by atoms with E-state index in [1.165, 1.54) is 23.0 Å². The fourth-order valence-corrected chi connectivity index (χ4v) is 2.51. The van der Waals surface area contributed by atoms with E-state index in [4.69, 9.17) is 9.15 Å². The number of amides is 2. The lowest BCUT2D eigenvalue weighted by molar-refractivity contribution is -0.137. The predicted octanol–water partition coefficient (Wildman–Crippen LogP) is 1.10. The highest BCUT2D eigenvalue weighted by molar-refractivity contribution is 5.91. The molecule has 2 heterocycles. The van der Waals surface area contributed by atoms with Crippen molar-refractivity contribution < 1.29 is 23.5 Å². The summed E-state index contributed by atoms with van der Waals surface area (Å²) in [5.41, 5.74) is 1.09. The van der Waals surface area contributed by atoms with Gasteiger partial charge in [0.1, 0.15) is 5.76 Å². The molecule has 2 aromatic heterocycles. The summed E-state index contributed by atoms with van der Waals surface area (Å²) < 4.78 is 10.2. The maximum Gasteiger partial charge on any atom is 0.361 e. The molecule has 3 aromatic rings. The molecule has 0 saturated carbocycles. The molecule has 10 nitrogen and oxygen atoms in total. The number of esters is 1. The van der Waals surface area contributed by atoms with Gasteiger partial charge < -0.3 is 19.4 Å². The van der Waals surface area contributed by atoms with Gasteiger partial charge in [-0.2, -0.15) is 9.90 Å². The SMILES string of the molecule is Cc1nn(-c2ccccc2)nc1C(=O)OCC(=O)N(C)CC(=O)NCc1ccco1. The number of ether oxygens (including phenoxy) is 1. The van der Waals surface area contributed by atoms with E-state index in [0.29, 0.717) is 17.1 Å². The number of benzene rings is 1. The largest absolute Gasteiger partial charge is 0.467 e. The Balaban J connectivity index is 1.48. The molecular formula is C20H21N5O5. The van der Waals surface area contributed by atoms with Crippen LogP contribution in [0.1, 0.15) is 21.9 Å². The number of carbonyl (C=O) groups is 3. The standard InChI is InChI=1S/C20H21N5O5/c1-14-19(23-25(22-14)15-7-4-3-5-8-15)20(28)30-13-18(27)24(2)12-17(26)21-11-16-9-6-10-29-16/h3-10H,11-13H2,1-2H3,(H,21,26). The van der Waals surface area contributed by atoms with Crippen LogP contribution in [0.4, 0.5) is 0 Å². The predicted molar refractivity (Wildman–Crippen MR) is 105 cm³/mol. The number of aromatic nitrogens is 3. The van der Waals surface area contributed by atoms with Crippen molar-refractivity contribution in [3.05, 3.63) is 65.9 Å². The second-order valence-corrected chi connectivity index (χ2v) is 6.44. The highest BCUT2D eigenvalue weighted by Crippen LogP contribution is 2.09. The summed E-state index contributed by atoms with van der Waals surface area (Å²) in [5, 5.41) is 11.0. The topological polar surface area (TPSA) is 120 Å². The molecule has 0 fully saturated rings. The molecule has 10 heteroatoms. The van der Waals surface area contributed by atoms with Crippen LogP contribution in [0.3, 0.4) is 0 Å². The van der Waals surface area contributed by atoms with Crippen molar-refractivity contribution >= 4 is 17.8 Å². The Kier molecular flexibility index (Phi) is 6.58. The van der Waals surface area contributed by atoms with Gasteiger partial charge in [0.2, 0.25) is 5.91 Å². The van der Waals surface area contributed by atoms with Crippen LogP contribution in [0.2, 0.25) is 0 Å². The Morgan fingerprint density at radius 3 is 2.60 bits per heavy atom. The first-order chi connectivity index (χ1) is 14.4. The number of rotatable bonds is 8. The lowest BCUT2D eigenvalue weighted by Gasteiger charge is -2.16. The summed E-state index contributed by atoms with van der Waals surface area (Å²) in [6.45, 7) is 1.15. The number of likely N-dealkylation sites (N-methyl/N-ethyl adjacent to an activating group) is 1. The fraction of sp³-hybridized carbons (Fsp3) is 0.250. The molecule has 3 rings (SSSR count). The van der Waals surface area contributed by atoms with Gasteiger partial charge in [-0.1, -0.05) is 18.2 Å². The molecule has 0 saturated heterocycles. The van der Waals surface area contributed by atoms with Gasteiger partial charge in [0.05, 0.1) is 30.7 Å². The lowest BCUT2D eigenvalue weighted by Crippen LogP contribution is -2.39. The lowest BCUT2D eigenvalue weighted by atomic mass is 10.3. The monoisotopic (exact) mass is 411 g/mol. The zero-order valence-electron chi connectivity index (χ0n) is 16.6. The first-order valence-corrected chi connectivity index (χ1v) is 9.13. The maximum atomic E-state index is 12.3. The van der Waals surface area contributed by atoms with E-state index in [2.05, 4.69) is 15.5 Å². The second kappa shape index (κ2) is 9.50. The van der Waals surface area contributed by atoms with Crippen molar-refractivity contribution in [2.75, 3.05) is 20.2 Å². The van der Waals surface area contributed by atoms with Crippen molar-refractivity contribution in [1.29, 1.82) is 0 Å². The average Bonchev–Trinajstić information content (AvgIpc) is 3.40. The number of para-hydroxylation sites is 1. The van der Waals surface area contributed by atoms with Crippen LogP contribution >= 0.6 is 0 Å². The van der Waals surface area contributed by atoms with Gasteiger partial charge in [-0.05, 0) is 31.2 Å². The van der Waals surface area contributed by atoms with Crippen molar-refractivity contribution in [1.82, 2.24) is 25.2 Å². The first-order valence-electron chi connectivity index (χ1n) is 9.13. The summed E-state index contributed by atoms with van der Waals surface area (Å²) in [7, 11) is 1.44. The van der Waals surface area contributed by atoms with Crippen LogP contribution in [0.15, 0.2) is 53.1 Å². The Morgan fingerprint density at radius 1 is 1.13 bits per heavy atom. The summed E-state index contributed by atoms with van der Waals surface area (Å²) in [6, 6.07) is 12.5. The number of nitrogens with one attached hydrogen (secondary N) is 1. The molecule has 0 spiro atoms. The summed E-state index contributed by atoms with van der Waals surface area (Å²) in [5.74, 6) is -1.05. The van der Waals surface area contributed by atoms with Crippen LogP contribution in [0.5, 0.6) is 0 Å². The third-order valence-electron chi connectivity index (χ3n) is 4.14. The van der Waals surface area contributed by atoms with Crippen molar-refractivity contribution in [3.63, 3.8) is 0 Å². The number of furan rings is 1. The van der Waals surface area contributed by atoms with E-state index in [1.807, 2.05) is 18.2 Å². The minimum atomic E-state index is -0.765. The van der Waals surface area contributed by atoms with Crippen LogP contribution in [0.25, 0.3) is 5.69 Å². The minimum absolute atomic E-state index is 0.0190. The highest BCUT2D eigenvalue weighted by atomic mass is 16.5. The van der Waals surface area contributed by atoms with Gasteiger partial charge in [-0.15, -0.1) is 5.10 Å². The minimum Gasteiger partial charge on any atom is -0.467 e. The molecular weight excluding hydrogens is 390 g/mol. The molecule has 2 amide bonds. The van der Waals surface area contributed by atoms with E-state index in [1.54, 1.807) is 31.2 Å². The molecule has 0 bridgehead atoms. The molecule has 0 radical (unpaired) electrons. The number of nitrogens with zero attached hydrogens (tertiary/aromatic N) is 4. The van der Waals surface area contributed by atoms with E-state index >= 15 is 0 Å². The van der Waals surface area contributed by atoms with Gasteiger partial charge in [0.15, 0.2) is 12.3 Å². The Morgan fingerprint density at radius 2 is 1.90 bits per heavy atom. The van der Waals surface area contributed by atoms with E-state index in [9.17, 15) is 14.4 Å². The van der Waals surface area contributed by atoms with Gasteiger partial charge in [-0.25, -0.2) is 4.79 Å². The van der Waals surface area contributed by atoms with Crippen molar-refractivity contribution in [3.8, 4) is 5.69 Å². The Hall–Kier alpha value is -3.95. The zero-order chi connectivity index (χ0) is 21.5. The number of aryl methyl sites for hydroxylation is 1. The van der Waals surface area contributed by atoms with E-state index < -0.39 is 18.5 Å².